The van der Waals surface area contributed by atoms with Crippen LogP contribution in [0.3, 0.4) is 0 Å². The number of aliphatic imine (C=N–C) groups is 1. The summed E-state index contributed by atoms with van der Waals surface area (Å²) >= 11 is 0. The van der Waals surface area contributed by atoms with Gasteiger partial charge < -0.3 is 20.1 Å². The summed E-state index contributed by atoms with van der Waals surface area (Å²) in [4.78, 5) is 6.74. The third-order valence-electron chi connectivity index (χ3n) is 4.93. The second-order valence-corrected chi connectivity index (χ2v) is 6.89. The zero-order chi connectivity index (χ0) is 19.2. The molecule has 3 aromatic rings. The minimum Gasteiger partial charge on any atom is -0.369 e. The van der Waals surface area contributed by atoms with E-state index in [1.165, 1.54) is 5.69 Å². The van der Waals surface area contributed by atoms with Crippen LogP contribution in [0.5, 0.6) is 0 Å². The second kappa shape index (κ2) is 10.3. The molecule has 1 atom stereocenters. The minimum atomic E-state index is 0. The summed E-state index contributed by atoms with van der Waals surface area (Å²) in [6.07, 6.45) is 1.08. The van der Waals surface area contributed by atoms with E-state index in [0.717, 1.165) is 42.5 Å². The molecule has 1 unspecified atom stereocenters. The smallest absolute Gasteiger partial charge is 0.191 e. The fourth-order valence-electron chi connectivity index (χ4n) is 3.45. The van der Waals surface area contributed by atoms with Crippen molar-refractivity contribution in [3.8, 4) is 11.3 Å². The molecule has 1 fully saturated rings. The normalized spacial score (nSPS) is 16.4. The van der Waals surface area contributed by atoms with Crippen molar-refractivity contribution in [2.45, 2.75) is 19.0 Å². The molecule has 1 aromatic heterocycles. The summed E-state index contributed by atoms with van der Waals surface area (Å²) in [5.41, 5.74) is 3.14. The van der Waals surface area contributed by atoms with Gasteiger partial charge in [0.05, 0.1) is 6.54 Å². The predicted octanol–water partition coefficient (Wildman–Crippen LogP) is 3.90. The topological polar surface area (TPSA) is 65.7 Å². The number of hydrogen-bond donors (Lipinski definition) is 2. The number of aromatic nitrogens is 1. The maximum Gasteiger partial charge on any atom is 0.191 e. The first-order valence-corrected chi connectivity index (χ1v) is 9.60. The molecule has 29 heavy (non-hydrogen) atoms. The Balaban J connectivity index is 0.00000240. The molecule has 6 nitrogen and oxygen atoms in total. The quantitative estimate of drug-likeness (QED) is 0.314. The summed E-state index contributed by atoms with van der Waals surface area (Å²) in [7, 11) is 1.79. The average Bonchev–Trinajstić information content (AvgIpc) is 3.42. The number of benzene rings is 2. The van der Waals surface area contributed by atoms with Crippen molar-refractivity contribution in [1.82, 2.24) is 15.8 Å². The summed E-state index contributed by atoms with van der Waals surface area (Å²) < 4.78 is 5.46. The van der Waals surface area contributed by atoms with Gasteiger partial charge in [-0.2, -0.15) is 0 Å². The van der Waals surface area contributed by atoms with Crippen LogP contribution in [0, 0.1) is 0 Å². The van der Waals surface area contributed by atoms with Crippen LogP contribution in [0.15, 0.2) is 76.2 Å². The van der Waals surface area contributed by atoms with E-state index in [9.17, 15) is 0 Å². The first-order valence-electron chi connectivity index (χ1n) is 9.60. The Morgan fingerprint density at radius 2 is 1.86 bits per heavy atom. The average molecular weight is 503 g/mol. The molecule has 2 N–H and O–H groups in total. The molecule has 1 saturated heterocycles. The van der Waals surface area contributed by atoms with Gasteiger partial charge in [0.1, 0.15) is 5.69 Å². The molecule has 0 saturated carbocycles. The molecule has 0 amide bonds. The molecular weight excluding hydrogens is 477 g/mol. The first kappa shape index (κ1) is 21.2. The Kier molecular flexibility index (Phi) is 7.51. The standard InChI is InChI=1S/C22H25N5O.HI/c1-23-22(25-18-12-13-27(16-18)20-10-6-3-7-11-20)24-15-19-14-21(28-26-19)17-8-4-2-5-9-17;/h2-11,14,18H,12-13,15-16H2,1H3,(H2,23,24,25);1H. The Morgan fingerprint density at radius 3 is 2.59 bits per heavy atom. The molecule has 152 valence electrons. The van der Waals surface area contributed by atoms with E-state index in [2.05, 4.69) is 49.9 Å². The van der Waals surface area contributed by atoms with Crippen LogP contribution >= 0.6 is 24.0 Å². The van der Waals surface area contributed by atoms with E-state index in [1.807, 2.05) is 42.5 Å². The fourth-order valence-corrected chi connectivity index (χ4v) is 3.45. The van der Waals surface area contributed by atoms with Gasteiger partial charge in [-0.25, -0.2) is 0 Å². The van der Waals surface area contributed by atoms with Crippen LogP contribution in [0.4, 0.5) is 5.69 Å². The molecule has 0 radical (unpaired) electrons. The van der Waals surface area contributed by atoms with Gasteiger partial charge >= 0.3 is 0 Å². The predicted molar refractivity (Wildman–Crippen MR) is 128 cm³/mol. The molecule has 1 aliphatic rings. The molecule has 2 aromatic carbocycles. The summed E-state index contributed by atoms with van der Waals surface area (Å²) in [6.45, 7) is 2.57. The fraction of sp³-hybridized carbons (Fsp3) is 0.273. The number of guanidine groups is 1. The Labute approximate surface area is 188 Å². The van der Waals surface area contributed by atoms with Crippen molar-refractivity contribution in [2.24, 2.45) is 4.99 Å². The SMILES string of the molecule is CN=C(NCc1cc(-c2ccccc2)on1)NC1CCN(c2ccccc2)C1.I. The highest BCUT2D eigenvalue weighted by Gasteiger charge is 2.23. The Bertz CT molecular complexity index is 913. The van der Waals surface area contributed by atoms with E-state index in [0.29, 0.717) is 12.6 Å². The van der Waals surface area contributed by atoms with Gasteiger partial charge in [-0.05, 0) is 18.6 Å². The highest BCUT2D eigenvalue weighted by Crippen LogP contribution is 2.20. The van der Waals surface area contributed by atoms with Crippen LogP contribution in [-0.4, -0.2) is 37.3 Å². The van der Waals surface area contributed by atoms with Crippen LogP contribution in [0.1, 0.15) is 12.1 Å². The molecule has 0 bridgehead atoms. The van der Waals surface area contributed by atoms with Crippen molar-refractivity contribution >= 4 is 35.6 Å². The maximum absolute atomic E-state index is 5.46. The number of halogens is 1. The van der Waals surface area contributed by atoms with Crippen LogP contribution in [0.2, 0.25) is 0 Å². The Morgan fingerprint density at radius 1 is 1.14 bits per heavy atom. The van der Waals surface area contributed by atoms with Gasteiger partial charge in [-0.1, -0.05) is 53.7 Å². The summed E-state index contributed by atoms with van der Waals surface area (Å²) in [5.74, 6) is 1.55. The number of rotatable bonds is 5. The third kappa shape index (κ3) is 5.50. The molecule has 2 heterocycles. The molecule has 0 aliphatic carbocycles. The van der Waals surface area contributed by atoms with Gasteiger partial charge in [0.2, 0.25) is 0 Å². The van der Waals surface area contributed by atoms with Crippen molar-refractivity contribution < 1.29 is 4.52 Å². The lowest BCUT2D eigenvalue weighted by Gasteiger charge is -2.20. The second-order valence-electron chi connectivity index (χ2n) is 6.89. The minimum absolute atomic E-state index is 0. The number of nitrogens with zero attached hydrogens (tertiary/aromatic N) is 3. The maximum atomic E-state index is 5.46. The van der Waals surface area contributed by atoms with Gasteiger partial charge in [0.15, 0.2) is 11.7 Å². The number of anilines is 1. The van der Waals surface area contributed by atoms with Crippen LogP contribution < -0.4 is 15.5 Å². The largest absolute Gasteiger partial charge is 0.369 e. The van der Waals surface area contributed by atoms with Gasteiger partial charge in [0, 0.05) is 43.5 Å². The van der Waals surface area contributed by atoms with Crippen molar-refractivity contribution in [3.63, 3.8) is 0 Å². The first-order chi connectivity index (χ1) is 13.8. The van der Waals surface area contributed by atoms with E-state index >= 15 is 0 Å². The number of para-hydroxylation sites is 1. The lowest BCUT2D eigenvalue weighted by atomic mass is 10.2. The van der Waals surface area contributed by atoms with E-state index in [-0.39, 0.29) is 24.0 Å². The van der Waals surface area contributed by atoms with Crippen LogP contribution in [-0.2, 0) is 6.54 Å². The zero-order valence-electron chi connectivity index (χ0n) is 16.4. The van der Waals surface area contributed by atoms with Gasteiger partial charge in [-0.3, -0.25) is 4.99 Å². The van der Waals surface area contributed by atoms with Crippen molar-refractivity contribution in [2.75, 3.05) is 25.0 Å². The number of nitrogens with one attached hydrogen (secondary N) is 2. The highest BCUT2D eigenvalue weighted by molar-refractivity contribution is 14.0. The summed E-state index contributed by atoms with van der Waals surface area (Å²) in [5, 5.41) is 11.0. The van der Waals surface area contributed by atoms with E-state index in [4.69, 9.17) is 4.52 Å². The van der Waals surface area contributed by atoms with Gasteiger partial charge in [-0.15, -0.1) is 24.0 Å². The molecule has 4 rings (SSSR count). The molecule has 7 heteroatoms. The van der Waals surface area contributed by atoms with Gasteiger partial charge in [0.25, 0.3) is 0 Å². The summed E-state index contributed by atoms with van der Waals surface area (Å²) in [6, 6.07) is 22.8. The monoisotopic (exact) mass is 503 g/mol. The highest BCUT2D eigenvalue weighted by atomic mass is 127. The van der Waals surface area contributed by atoms with Crippen molar-refractivity contribution in [1.29, 1.82) is 0 Å². The Hall–Kier alpha value is -2.55. The lowest BCUT2D eigenvalue weighted by molar-refractivity contribution is 0.422. The molecular formula is C22H26IN5O. The van der Waals surface area contributed by atoms with Crippen LogP contribution in [0.25, 0.3) is 11.3 Å². The molecule has 1 aliphatic heterocycles. The zero-order valence-corrected chi connectivity index (χ0v) is 18.7. The van der Waals surface area contributed by atoms with E-state index < -0.39 is 0 Å². The lowest BCUT2D eigenvalue weighted by Crippen LogP contribution is -2.44. The molecule has 0 spiro atoms. The third-order valence-corrected chi connectivity index (χ3v) is 4.93. The number of hydrogen-bond acceptors (Lipinski definition) is 4. The van der Waals surface area contributed by atoms with E-state index in [1.54, 1.807) is 7.05 Å². The van der Waals surface area contributed by atoms with Crippen molar-refractivity contribution in [3.05, 3.63) is 72.4 Å².